The van der Waals surface area contributed by atoms with Crippen LogP contribution in [0.25, 0.3) is 0 Å². The van der Waals surface area contributed by atoms with Crippen LogP contribution in [0.5, 0.6) is 0 Å². The van der Waals surface area contributed by atoms with Gasteiger partial charge in [0.2, 0.25) is 0 Å². The molecule has 5 heteroatoms. The van der Waals surface area contributed by atoms with E-state index in [0.717, 1.165) is 25.2 Å². The van der Waals surface area contributed by atoms with Crippen LogP contribution in [-0.2, 0) is 13.0 Å². The Bertz CT molecular complexity index is 366. The molecular formula is C12H22N4O. The molecule has 2 unspecified atom stereocenters. The molecule has 0 aliphatic carbocycles. The van der Waals surface area contributed by atoms with Crippen LogP contribution in [0.3, 0.4) is 0 Å². The average Bonchev–Trinajstić information content (AvgIpc) is 2.74. The lowest BCUT2D eigenvalue weighted by molar-refractivity contribution is 0.0489. The number of hydrogen-bond acceptors (Lipinski definition) is 4. The Morgan fingerprint density at radius 1 is 1.59 bits per heavy atom. The molecule has 1 aliphatic rings. The van der Waals surface area contributed by atoms with E-state index in [9.17, 15) is 5.11 Å². The molecule has 1 aromatic heterocycles. The minimum atomic E-state index is -0.646. The van der Waals surface area contributed by atoms with Gasteiger partial charge in [0.1, 0.15) is 12.2 Å². The second-order valence-corrected chi connectivity index (χ2v) is 5.27. The van der Waals surface area contributed by atoms with E-state index in [1.54, 1.807) is 6.33 Å². The van der Waals surface area contributed by atoms with Crippen molar-refractivity contribution >= 4 is 0 Å². The van der Waals surface area contributed by atoms with Crippen LogP contribution >= 0.6 is 0 Å². The first-order valence-electron chi connectivity index (χ1n) is 6.33. The summed E-state index contributed by atoms with van der Waals surface area (Å²) in [6, 6.07) is 0.433. The van der Waals surface area contributed by atoms with Gasteiger partial charge in [0.15, 0.2) is 0 Å². The summed E-state index contributed by atoms with van der Waals surface area (Å²) in [6.45, 7) is 5.85. The van der Waals surface area contributed by atoms with Crippen LogP contribution in [-0.4, -0.2) is 50.0 Å². The Labute approximate surface area is 102 Å². The third-order valence-electron chi connectivity index (χ3n) is 3.59. The number of β-amino-alcohol motifs (C(OH)–C–C–N with tert-alkyl or cyclic N) is 1. The second-order valence-electron chi connectivity index (χ2n) is 5.27. The average molecular weight is 238 g/mol. The van der Waals surface area contributed by atoms with Crippen molar-refractivity contribution in [3.05, 3.63) is 12.2 Å². The van der Waals surface area contributed by atoms with E-state index in [4.69, 9.17) is 0 Å². The van der Waals surface area contributed by atoms with Crippen LogP contribution in [0, 0.1) is 0 Å². The number of likely N-dealkylation sites (N-methyl/N-ethyl adjacent to an activating group) is 1. The van der Waals surface area contributed by atoms with Crippen LogP contribution in [0.1, 0.15) is 32.5 Å². The van der Waals surface area contributed by atoms with Gasteiger partial charge in [0, 0.05) is 25.6 Å². The van der Waals surface area contributed by atoms with Gasteiger partial charge in [-0.1, -0.05) is 6.92 Å². The Morgan fingerprint density at radius 3 is 2.94 bits per heavy atom. The largest absolute Gasteiger partial charge is 0.388 e. The zero-order valence-corrected chi connectivity index (χ0v) is 10.9. The molecule has 0 radical (unpaired) electrons. The van der Waals surface area contributed by atoms with Gasteiger partial charge < -0.3 is 10.0 Å². The first kappa shape index (κ1) is 12.5. The zero-order chi connectivity index (χ0) is 12.5. The van der Waals surface area contributed by atoms with Gasteiger partial charge in [-0.15, -0.1) is 0 Å². The van der Waals surface area contributed by atoms with E-state index >= 15 is 0 Å². The van der Waals surface area contributed by atoms with Crippen molar-refractivity contribution in [1.82, 2.24) is 19.7 Å². The molecule has 0 spiro atoms. The Kier molecular flexibility index (Phi) is 3.49. The van der Waals surface area contributed by atoms with E-state index in [2.05, 4.69) is 35.9 Å². The number of aryl methyl sites for hydroxylation is 1. The third-order valence-corrected chi connectivity index (χ3v) is 3.59. The maximum absolute atomic E-state index is 10.6. The highest BCUT2D eigenvalue weighted by atomic mass is 16.3. The molecule has 1 saturated heterocycles. The first-order chi connectivity index (χ1) is 8.04. The highest BCUT2D eigenvalue weighted by molar-refractivity contribution is 5.01. The molecule has 1 fully saturated rings. The second kappa shape index (κ2) is 4.74. The predicted molar refractivity (Wildman–Crippen MR) is 65.7 cm³/mol. The summed E-state index contributed by atoms with van der Waals surface area (Å²) >= 11 is 0. The summed E-state index contributed by atoms with van der Waals surface area (Å²) in [5.41, 5.74) is -0.646. The molecule has 0 aromatic carbocycles. The quantitative estimate of drug-likeness (QED) is 0.838. The SMILES string of the molecule is CCCn1ncnc1CC1(O)CC(C)N(C)C1. The van der Waals surface area contributed by atoms with Crippen molar-refractivity contribution in [2.45, 2.75) is 51.3 Å². The van der Waals surface area contributed by atoms with E-state index in [1.807, 2.05) is 4.68 Å². The highest BCUT2D eigenvalue weighted by Crippen LogP contribution is 2.28. The molecule has 17 heavy (non-hydrogen) atoms. The minimum Gasteiger partial charge on any atom is -0.388 e. The van der Waals surface area contributed by atoms with Gasteiger partial charge >= 0.3 is 0 Å². The number of nitrogens with zero attached hydrogens (tertiary/aromatic N) is 4. The van der Waals surface area contributed by atoms with Crippen molar-refractivity contribution in [3.8, 4) is 0 Å². The van der Waals surface area contributed by atoms with Gasteiger partial charge in [-0.05, 0) is 26.8 Å². The molecule has 2 heterocycles. The standard InChI is InChI=1S/C12H22N4O/c1-4-5-16-11(13-9-14-16)7-12(17)6-10(2)15(3)8-12/h9-10,17H,4-8H2,1-3H3. The fourth-order valence-corrected chi connectivity index (χ4v) is 2.64. The van der Waals surface area contributed by atoms with E-state index in [1.165, 1.54) is 0 Å². The normalized spacial score (nSPS) is 30.0. The molecule has 0 bridgehead atoms. The Morgan fingerprint density at radius 2 is 2.35 bits per heavy atom. The minimum absolute atomic E-state index is 0.433. The van der Waals surface area contributed by atoms with Crippen molar-refractivity contribution in [2.24, 2.45) is 0 Å². The van der Waals surface area contributed by atoms with Crippen molar-refractivity contribution in [1.29, 1.82) is 0 Å². The molecule has 1 N–H and O–H groups in total. The lowest BCUT2D eigenvalue weighted by atomic mass is 9.96. The van der Waals surface area contributed by atoms with Crippen LogP contribution < -0.4 is 0 Å². The molecule has 2 rings (SSSR count). The molecule has 1 aromatic rings. The number of aliphatic hydroxyl groups is 1. The molecule has 0 saturated carbocycles. The third kappa shape index (κ3) is 2.66. The Hall–Kier alpha value is -0.940. The molecule has 5 nitrogen and oxygen atoms in total. The van der Waals surface area contributed by atoms with Crippen molar-refractivity contribution < 1.29 is 5.11 Å². The van der Waals surface area contributed by atoms with Crippen molar-refractivity contribution in [2.75, 3.05) is 13.6 Å². The lowest BCUT2D eigenvalue weighted by Gasteiger charge is -2.21. The van der Waals surface area contributed by atoms with Gasteiger partial charge in [0.25, 0.3) is 0 Å². The number of aromatic nitrogens is 3. The maximum atomic E-state index is 10.6. The van der Waals surface area contributed by atoms with E-state index in [0.29, 0.717) is 19.0 Å². The Balaban J connectivity index is 2.07. The first-order valence-corrected chi connectivity index (χ1v) is 6.33. The van der Waals surface area contributed by atoms with E-state index in [-0.39, 0.29) is 0 Å². The summed E-state index contributed by atoms with van der Waals surface area (Å²) in [6.07, 6.45) is 4.02. The number of rotatable bonds is 4. The molecular weight excluding hydrogens is 216 g/mol. The maximum Gasteiger partial charge on any atom is 0.138 e. The van der Waals surface area contributed by atoms with Gasteiger partial charge in [0.05, 0.1) is 5.60 Å². The fourth-order valence-electron chi connectivity index (χ4n) is 2.64. The van der Waals surface area contributed by atoms with Crippen LogP contribution in [0.2, 0.25) is 0 Å². The molecule has 96 valence electrons. The number of hydrogen-bond donors (Lipinski definition) is 1. The van der Waals surface area contributed by atoms with E-state index < -0.39 is 5.60 Å². The molecule has 2 atom stereocenters. The number of likely N-dealkylation sites (tertiary alicyclic amines) is 1. The van der Waals surface area contributed by atoms with Crippen LogP contribution in [0.4, 0.5) is 0 Å². The molecule has 0 amide bonds. The monoisotopic (exact) mass is 238 g/mol. The zero-order valence-electron chi connectivity index (χ0n) is 10.9. The van der Waals surface area contributed by atoms with Gasteiger partial charge in [-0.2, -0.15) is 5.10 Å². The van der Waals surface area contributed by atoms with Gasteiger partial charge in [-0.25, -0.2) is 4.98 Å². The highest BCUT2D eigenvalue weighted by Gasteiger charge is 2.39. The molecule has 1 aliphatic heterocycles. The summed E-state index contributed by atoms with van der Waals surface area (Å²) in [5.74, 6) is 0.900. The summed E-state index contributed by atoms with van der Waals surface area (Å²) < 4.78 is 1.90. The predicted octanol–water partition coefficient (Wildman–Crippen LogP) is 0.686. The van der Waals surface area contributed by atoms with Crippen LogP contribution in [0.15, 0.2) is 6.33 Å². The smallest absolute Gasteiger partial charge is 0.138 e. The topological polar surface area (TPSA) is 54.2 Å². The lowest BCUT2D eigenvalue weighted by Crippen LogP contribution is -2.35. The van der Waals surface area contributed by atoms with Gasteiger partial charge in [-0.3, -0.25) is 4.68 Å². The summed E-state index contributed by atoms with van der Waals surface area (Å²) in [5, 5.41) is 14.8. The fraction of sp³-hybridized carbons (Fsp3) is 0.833. The van der Waals surface area contributed by atoms with Crippen molar-refractivity contribution in [3.63, 3.8) is 0 Å². The summed E-state index contributed by atoms with van der Waals surface area (Å²) in [7, 11) is 2.05. The summed E-state index contributed by atoms with van der Waals surface area (Å²) in [4.78, 5) is 6.46.